The molecule has 19 heavy (non-hydrogen) atoms. The molecule has 7 nitrogen and oxygen atoms in total. The lowest BCUT2D eigenvalue weighted by atomic mass is 10.1. The van der Waals surface area contributed by atoms with Gasteiger partial charge in [0, 0.05) is 13.2 Å². The third kappa shape index (κ3) is 5.44. The molecule has 2 N–H and O–H groups in total. The van der Waals surface area contributed by atoms with Crippen LogP contribution in [0.2, 0.25) is 0 Å². The van der Waals surface area contributed by atoms with Gasteiger partial charge in [-0.15, -0.1) is 0 Å². The number of rotatable bonds is 6. The molecule has 2 unspecified atom stereocenters. The number of ether oxygens (including phenoxy) is 2. The Balaban J connectivity index is 2.49. The van der Waals surface area contributed by atoms with E-state index in [1.807, 2.05) is 13.8 Å². The second-order valence-corrected chi connectivity index (χ2v) is 4.53. The van der Waals surface area contributed by atoms with Crippen molar-refractivity contribution in [1.82, 2.24) is 10.2 Å². The number of hydrogen-bond donors (Lipinski definition) is 2. The minimum Gasteiger partial charge on any atom is -0.481 e. The first kappa shape index (κ1) is 15.7. The summed E-state index contributed by atoms with van der Waals surface area (Å²) in [7, 11) is 0. The molecule has 0 spiro atoms. The first-order chi connectivity index (χ1) is 9.04. The Kier molecular flexibility index (Phi) is 6.58. The monoisotopic (exact) mass is 274 g/mol. The van der Waals surface area contributed by atoms with Gasteiger partial charge >= 0.3 is 12.0 Å². The summed E-state index contributed by atoms with van der Waals surface area (Å²) in [5, 5.41) is 11.6. The SMILES string of the molecule is CCOCC(C)NC(=O)N1CCOCC1CC(=O)O. The number of carbonyl (C=O) groups excluding carboxylic acids is 1. The van der Waals surface area contributed by atoms with Crippen molar-refractivity contribution in [3.8, 4) is 0 Å². The van der Waals surface area contributed by atoms with Crippen LogP contribution in [0.25, 0.3) is 0 Å². The molecule has 2 amide bonds. The molecule has 1 saturated heterocycles. The number of nitrogens with zero attached hydrogens (tertiary/aromatic N) is 1. The van der Waals surface area contributed by atoms with Gasteiger partial charge in [0.05, 0.1) is 38.3 Å². The van der Waals surface area contributed by atoms with Crippen LogP contribution < -0.4 is 5.32 Å². The quantitative estimate of drug-likeness (QED) is 0.727. The van der Waals surface area contributed by atoms with Crippen LogP contribution in [0.1, 0.15) is 20.3 Å². The van der Waals surface area contributed by atoms with Crippen molar-refractivity contribution in [3.05, 3.63) is 0 Å². The molecule has 0 aromatic heterocycles. The van der Waals surface area contributed by atoms with Crippen molar-refractivity contribution in [2.45, 2.75) is 32.4 Å². The van der Waals surface area contributed by atoms with Crippen LogP contribution in [0.4, 0.5) is 4.79 Å². The normalized spacial score (nSPS) is 20.9. The Hall–Kier alpha value is -1.34. The van der Waals surface area contributed by atoms with Gasteiger partial charge in [-0.05, 0) is 13.8 Å². The number of aliphatic carboxylic acids is 1. The minimum absolute atomic E-state index is 0.104. The van der Waals surface area contributed by atoms with Gasteiger partial charge in [0.2, 0.25) is 0 Å². The first-order valence-corrected chi connectivity index (χ1v) is 6.49. The van der Waals surface area contributed by atoms with Crippen LogP contribution in [0.3, 0.4) is 0 Å². The molecule has 1 aliphatic heterocycles. The van der Waals surface area contributed by atoms with Gasteiger partial charge in [-0.2, -0.15) is 0 Å². The van der Waals surface area contributed by atoms with Crippen molar-refractivity contribution >= 4 is 12.0 Å². The number of carbonyl (C=O) groups is 2. The number of carboxylic acids is 1. The fourth-order valence-electron chi connectivity index (χ4n) is 1.92. The maximum atomic E-state index is 12.1. The number of morpholine rings is 1. The summed E-state index contributed by atoms with van der Waals surface area (Å²) in [6, 6.07) is -0.784. The molecule has 0 bridgehead atoms. The van der Waals surface area contributed by atoms with Crippen LogP contribution in [0.5, 0.6) is 0 Å². The molecule has 1 fully saturated rings. The molecule has 0 aromatic carbocycles. The summed E-state index contributed by atoms with van der Waals surface area (Å²) in [5.41, 5.74) is 0. The second-order valence-electron chi connectivity index (χ2n) is 4.53. The van der Waals surface area contributed by atoms with Crippen molar-refractivity contribution in [2.24, 2.45) is 0 Å². The lowest BCUT2D eigenvalue weighted by molar-refractivity contribution is -0.139. The van der Waals surface area contributed by atoms with E-state index in [1.54, 1.807) is 0 Å². The number of amides is 2. The van der Waals surface area contributed by atoms with E-state index in [2.05, 4.69) is 5.32 Å². The fourth-order valence-corrected chi connectivity index (χ4v) is 1.92. The molecule has 0 saturated carbocycles. The average Bonchev–Trinajstić information content (AvgIpc) is 2.36. The molecule has 0 radical (unpaired) electrons. The average molecular weight is 274 g/mol. The molecule has 7 heteroatoms. The van der Waals surface area contributed by atoms with Gasteiger partial charge < -0.3 is 24.8 Å². The maximum Gasteiger partial charge on any atom is 0.318 e. The Morgan fingerprint density at radius 2 is 2.32 bits per heavy atom. The van der Waals surface area contributed by atoms with E-state index in [4.69, 9.17) is 14.6 Å². The molecular weight excluding hydrogens is 252 g/mol. The smallest absolute Gasteiger partial charge is 0.318 e. The Bertz CT molecular complexity index is 310. The molecule has 1 heterocycles. The van der Waals surface area contributed by atoms with E-state index < -0.39 is 12.0 Å². The van der Waals surface area contributed by atoms with E-state index in [1.165, 1.54) is 4.90 Å². The summed E-state index contributed by atoms with van der Waals surface area (Å²) in [6.45, 7) is 5.88. The summed E-state index contributed by atoms with van der Waals surface area (Å²) >= 11 is 0. The number of carboxylic acid groups (broad SMARTS) is 1. The van der Waals surface area contributed by atoms with Crippen LogP contribution >= 0.6 is 0 Å². The molecule has 0 aromatic rings. The molecule has 0 aliphatic carbocycles. The third-order valence-electron chi connectivity index (χ3n) is 2.84. The highest BCUT2D eigenvalue weighted by atomic mass is 16.5. The fraction of sp³-hybridized carbons (Fsp3) is 0.833. The summed E-state index contributed by atoms with van der Waals surface area (Å²) < 4.78 is 10.4. The predicted molar refractivity (Wildman–Crippen MR) is 68.1 cm³/mol. The number of urea groups is 1. The Morgan fingerprint density at radius 3 is 2.95 bits per heavy atom. The lowest BCUT2D eigenvalue weighted by Crippen LogP contribution is -2.55. The standard InChI is InChI=1S/C12H22N2O5/c1-3-18-7-9(2)13-12(17)14-4-5-19-8-10(14)6-11(15)16/h9-10H,3-8H2,1-2H3,(H,13,17)(H,15,16). The minimum atomic E-state index is -0.935. The predicted octanol–water partition coefficient (Wildman–Crippen LogP) is 0.297. The van der Waals surface area contributed by atoms with Crippen molar-refractivity contribution in [1.29, 1.82) is 0 Å². The van der Waals surface area contributed by atoms with Gasteiger partial charge in [-0.1, -0.05) is 0 Å². The van der Waals surface area contributed by atoms with Crippen LogP contribution in [0.15, 0.2) is 0 Å². The van der Waals surface area contributed by atoms with Crippen molar-refractivity contribution in [3.63, 3.8) is 0 Å². The highest BCUT2D eigenvalue weighted by molar-refractivity contribution is 5.76. The largest absolute Gasteiger partial charge is 0.481 e. The van der Waals surface area contributed by atoms with Gasteiger partial charge in [-0.25, -0.2) is 4.79 Å². The van der Waals surface area contributed by atoms with Gasteiger partial charge in [0.25, 0.3) is 0 Å². The molecular formula is C12H22N2O5. The van der Waals surface area contributed by atoms with E-state index in [0.717, 1.165) is 0 Å². The van der Waals surface area contributed by atoms with E-state index >= 15 is 0 Å². The highest BCUT2D eigenvalue weighted by Gasteiger charge is 2.29. The molecule has 1 rings (SSSR count). The first-order valence-electron chi connectivity index (χ1n) is 6.49. The van der Waals surface area contributed by atoms with E-state index in [0.29, 0.717) is 26.4 Å². The Morgan fingerprint density at radius 1 is 1.58 bits per heavy atom. The molecule has 110 valence electrons. The van der Waals surface area contributed by atoms with E-state index in [9.17, 15) is 9.59 Å². The van der Waals surface area contributed by atoms with Crippen molar-refractivity contribution in [2.75, 3.05) is 33.0 Å². The summed E-state index contributed by atoms with van der Waals surface area (Å²) in [5.74, 6) is -0.935. The van der Waals surface area contributed by atoms with Crippen LogP contribution in [-0.4, -0.2) is 67.1 Å². The molecule has 1 aliphatic rings. The zero-order chi connectivity index (χ0) is 14.3. The van der Waals surface area contributed by atoms with Gasteiger partial charge in [0.15, 0.2) is 0 Å². The number of nitrogens with one attached hydrogen (secondary N) is 1. The van der Waals surface area contributed by atoms with Crippen LogP contribution in [-0.2, 0) is 14.3 Å². The molecule has 2 atom stereocenters. The summed E-state index contributed by atoms with van der Waals surface area (Å²) in [4.78, 5) is 24.4. The maximum absolute atomic E-state index is 12.1. The van der Waals surface area contributed by atoms with Crippen molar-refractivity contribution < 1.29 is 24.2 Å². The van der Waals surface area contributed by atoms with E-state index in [-0.39, 0.29) is 25.1 Å². The number of hydrogen-bond acceptors (Lipinski definition) is 4. The van der Waals surface area contributed by atoms with Crippen LogP contribution in [0, 0.1) is 0 Å². The second kappa shape index (κ2) is 7.96. The zero-order valence-electron chi connectivity index (χ0n) is 11.4. The zero-order valence-corrected chi connectivity index (χ0v) is 11.4. The summed E-state index contributed by atoms with van der Waals surface area (Å²) in [6.07, 6.45) is -0.104. The topological polar surface area (TPSA) is 88.1 Å². The highest BCUT2D eigenvalue weighted by Crippen LogP contribution is 2.11. The van der Waals surface area contributed by atoms with Gasteiger partial charge in [0.1, 0.15) is 0 Å². The lowest BCUT2D eigenvalue weighted by Gasteiger charge is -2.35. The Labute approximate surface area is 112 Å². The third-order valence-corrected chi connectivity index (χ3v) is 2.84. The van der Waals surface area contributed by atoms with Gasteiger partial charge in [-0.3, -0.25) is 4.79 Å².